The molecule has 0 spiro atoms. The van der Waals surface area contributed by atoms with E-state index in [1.807, 2.05) is 30.3 Å². The van der Waals surface area contributed by atoms with Gasteiger partial charge in [0.15, 0.2) is 5.78 Å². The smallest absolute Gasteiger partial charge is 0.185 e. The van der Waals surface area contributed by atoms with Crippen LogP contribution in [0.2, 0.25) is 0 Å². The van der Waals surface area contributed by atoms with Crippen LogP contribution in [0, 0.1) is 0 Å². The number of aryl methyl sites for hydroxylation is 1. The summed E-state index contributed by atoms with van der Waals surface area (Å²) in [5.74, 6) is 0.171. The molecule has 0 aromatic heterocycles. The standard InChI is InChI=1S/C16H20O/c1-2-13-8-10-15(11-9-13)16(17)12-14-6-4-3-5-7-14/h8-12H,2-7H2,1H3. The quantitative estimate of drug-likeness (QED) is 0.556. The van der Waals surface area contributed by atoms with E-state index in [0.717, 1.165) is 24.8 Å². The van der Waals surface area contributed by atoms with Crippen molar-refractivity contribution in [1.29, 1.82) is 0 Å². The molecule has 1 aromatic rings. The first-order valence-electron chi connectivity index (χ1n) is 6.62. The van der Waals surface area contributed by atoms with Gasteiger partial charge in [0.05, 0.1) is 0 Å². The monoisotopic (exact) mass is 228 g/mol. The maximum atomic E-state index is 12.0. The second kappa shape index (κ2) is 5.81. The van der Waals surface area contributed by atoms with E-state index < -0.39 is 0 Å². The fourth-order valence-electron chi connectivity index (χ4n) is 2.32. The van der Waals surface area contributed by atoms with Crippen LogP contribution in [0.15, 0.2) is 35.9 Å². The molecule has 90 valence electrons. The molecular weight excluding hydrogens is 208 g/mol. The topological polar surface area (TPSA) is 17.1 Å². The normalized spacial score (nSPS) is 15.7. The highest BCUT2D eigenvalue weighted by molar-refractivity contribution is 6.04. The van der Waals surface area contributed by atoms with E-state index in [1.54, 1.807) is 0 Å². The third kappa shape index (κ3) is 3.29. The van der Waals surface area contributed by atoms with E-state index in [1.165, 1.54) is 30.4 Å². The number of carbonyl (C=O) groups is 1. The highest BCUT2D eigenvalue weighted by Crippen LogP contribution is 2.23. The van der Waals surface area contributed by atoms with Crippen LogP contribution in [0.1, 0.15) is 54.9 Å². The molecule has 1 fully saturated rings. The Balaban J connectivity index is 2.07. The average Bonchev–Trinajstić information content (AvgIpc) is 2.40. The summed E-state index contributed by atoms with van der Waals surface area (Å²) in [6.45, 7) is 2.13. The second-order valence-electron chi connectivity index (χ2n) is 4.78. The number of ketones is 1. The zero-order valence-electron chi connectivity index (χ0n) is 10.5. The number of hydrogen-bond donors (Lipinski definition) is 0. The molecule has 0 bridgehead atoms. The minimum absolute atomic E-state index is 0.171. The Morgan fingerprint density at radius 2 is 1.76 bits per heavy atom. The number of rotatable bonds is 3. The molecule has 0 heterocycles. The lowest BCUT2D eigenvalue weighted by molar-refractivity contribution is 0.104. The van der Waals surface area contributed by atoms with Crippen molar-refractivity contribution in [2.75, 3.05) is 0 Å². The van der Waals surface area contributed by atoms with Gasteiger partial charge in [-0.15, -0.1) is 0 Å². The SMILES string of the molecule is CCc1ccc(C(=O)C=C2CCCCC2)cc1. The van der Waals surface area contributed by atoms with Crippen LogP contribution in [0.3, 0.4) is 0 Å². The van der Waals surface area contributed by atoms with Crippen molar-refractivity contribution in [2.24, 2.45) is 0 Å². The van der Waals surface area contributed by atoms with Gasteiger partial charge in [-0.1, -0.05) is 43.2 Å². The van der Waals surface area contributed by atoms with Gasteiger partial charge in [-0.25, -0.2) is 0 Å². The molecule has 0 saturated heterocycles. The molecule has 17 heavy (non-hydrogen) atoms. The van der Waals surface area contributed by atoms with Gasteiger partial charge in [0.1, 0.15) is 0 Å². The number of carbonyl (C=O) groups excluding carboxylic acids is 1. The molecule has 0 radical (unpaired) electrons. The van der Waals surface area contributed by atoms with Gasteiger partial charge in [-0.3, -0.25) is 4.79 Å². The summed E-state index contributed by atoms with van der Waals surface area (Å²) >= 11 is 0. The van der Waals surface area contributed by atoms with Crippen molar-refractivity contribution < 1.29 is 4.79 Å². The largest absolute Gasteiger partial charge is 0.289 e. The van der Waals surface area contributed by atoms with Crippen LogP contribution in [-0.2, 0) is 6.42 Å². The maximum Gasteiger partial charge on any atom is 0.185 e. The van der Waals surface area contributed by atoms with Crippen LogP contribution < -0.4 is 0 Å². The zero-order chi connectivity index (χ0) is 12.1. The Morgan fingerprint density at radius 1 is 1.12 bits per heavy atom. The molecule has 0 amide bonds. The molecule has 0 unspecified atom stereocenters. The van der Waals surface area contributed by atoms with Gasteiger partial charge in [-0.05, 0) is 43.7 Å². The molecule has 1 saturated carbocycles. The molecule has 0 atom stereocenters. The first-order chi connectivity index (χ1) is 8.29. The summed E-state index contributed by atoms with van der Waals surface area (Å²) in [5, 5.41) is 0. The van der Waals surface area contributed by atoms with E-state index in [9.17, 15) is 4.79 Å². The molecular formula is C16H20O. The van der Waals surface area contributed by atoms with E-state index >= 15 is 0 Å². The van der Waals surface area contributed by atoms with Gasteiger partial charge in [0.25, 0.3) is 0 Å². The Kier molecular flexibility index (Phi) is 4.13. The Hall–Kier alpha value is -1.37. The number of hydrogen-bond acceptors (Lipinski definition) is 1. The van der Waals surface area contributed by atoms with Crippen molar-refractivity contribution in [3.8, 4) is 0 Å². The van der Waals surface area contributed by atoms with Gasteiger partial charge in [0, 0.05) is 5.56 Å². The molecule has 1 aromatic carbocycles. The predicted octanol–water partition coefficient (Wildman–Crippen LogP) is 4.32. The average molecular weight is 228 g/mol. The Labute approximate surface area is 104 Å². The van der Waals surface area contributed by atoms with Gasteiger partial charge in [-0.2, -0.15) is 0 Å². The zero-order valence-corrected chi connectivity index (χ0v) is 10.5. The van der Waals surface area contributed by atoms with Crippen molar-refractivity contribution in [1.82, 2.24) is 0 Å². The first-order valence-corrected chi connectivity index (χ1v) is 6.62. The van der Waals surface area contributed by atoms with Gasteiger partial charge >= 0.3 is 0 Å². The van der Waals surface area contributed by atoms with Crippen LogP contribution >= 0.6 is 0 Å². The molecule has 1 aliphatic rings. The van der Waals surface area contributed by atoms with Crippen molar-refractivity contribution >= 4 is 5.78 Å². The van der Waals surface area contributed by atoms with Crippen molar-refractivity contribution in [3.63, 3.8) is 0 Å². The van der Waals surface area contributed by atoms with E-state index in [0.29, 0.717) is 0 Å². The van der Waals surface area contributed by atoms with Crippen LogP contribution in [0.5, 0.6) is 0 Å². The molecule has 1 aliphatic carbocycles. The molecule has 0 aliphatic heterocycles. The Bertz CT molecular complexity index is 404. The fraction of sp³-hybridized carbons (Fsp3) is 0.438. The van der Waals surface area contributed by atoms with Gasteiger partial charge < -0.3 is 0 Å². The number of allylic oxidation sites excluding steroid dienone is 2. The summed E-state index contributed by atoms with van der Waals surface area (Å²) in [7, 11) is 0. The summed E-state index contributed by atoms with van der Waals surface area (Å²) in [6.07, 6.45) is 8.91. The highest BCUT2D eigenvalue weighted by Gasteiger charge is 2.08. The third-order valence-electron chi connectivity index (χ3n) is 3.48. The summed E-state index contributed by atoms with van der Waals surface area (Å²) < 4.78 is 0. The second-order valence-corrected chi connectivity index (χ2v) is 4.78. The molecule has 1 nitrogen and oxygen atoms in total. The maximum absolute atomic E-state index is 12.0. The molecule has 0 N–H and O–H groups in total. The fourth-order valence-corrected chi connectivity index (χ4v) is 2.32. The lowest BCUT2D eigenvalue weighted by Crippen LogP contribution is -2.00. The lowest BCUT2D eigenvalue weighted by Gasteiger charge is -2.12. The number of benzene rings is 1. The van der Waals surface area contributed by atoms with Crippen molar-refractivity contribution in [2.45, 2.75) is 45.4 Å². The van der Waals surface area contributed by atoms with Crippen molar-refractivity contribution in [3.05, 3.63) is 47.0 Å². The minimum atomic E-state index is 0.171. The first kappa shape index (κ1) is 12.1. The minimum Gasteiger partial charge on any atom is -0.289 e. The lowest BCUT2D eigenvalue weighted by atomic mass is 9.93. The highest BCUT2D eigenvalue weighted by atomic mass is 16.1. The third-order valence-corrected chi connectivity index (χ3v) is 3.48. The van der Waals surface area contributed by atoms with Crippen LogP contribution in [0.4, 0.5) is 0 Å². The van der Waals surface area contributed by atoms with Crippen LogP contribution in [0.25, 0.3) is 0 Å². The van der Waals surface area contributed by atoms with Gasteiger partial charge in [0.2, 0.25) is 0 Å². The predicted molar refractivity (Wildman–Crippen MR) is 71.3 cm³/mol. The molecule has 2 rings (SSSR count). The molecule has 1 heteroatoms. The summed E-state index contributed by atoms with van der Waals surface area (Å²) in [6, 6.07) is 7.99. The summed E-state index contributed by atoms with van der Waals surface area (Å²) in [5.41, 5.74) is 3.44. The van der Waals surface area contributed by atoms with E-state index in [2.05, 4.69) is 6.92 Å². The summed E-state index contributed by atoms with van der Waals surface area (Å²) in [4.78, 5) is 12.0. The van der Waals surface area contributed by atoms with E-state index in [-0.39, 0.29) is 5.78 Å². The van der Waals surface area contributed by atoms with Crippen LogP contribution in [-0.4, -0.2) is 5.78 Å². The Morgan fingerprint density at radius 3 is 2.35 bits per heavy atom. The van der Waals surface area contributed by atoms with E-state index in [4.69, 9.17) is 0 Å².